The van der Waals surface area contributed by atoms with Gasteiger partial charge in [0.2, 0.25) is 0 Å². The van der Waals surface area contributed by atoms with Crippen LogP contribution in [0.15, 0.2) is 48.6 Å². The van der Waals surface area contributed by atoms with Gasteiger partial charge in [0.15, 0.2) is 0 Å². The molecular formula is C27H47NO. The molecule has 0 bridgehead atoms. The van der Waals surface area contributed by atoms with E-state index in [4.69, 9.17) is 5.26 Å². The fourth-order valence-electron chi connectivity index (χ4n) is 2.40. The van der Waals surface area contributed by atoms with Crippen LogP contribution in [0, 0.1) is 11.3 Å². The molecule has 0 aromatic carbocycles. The number of nitrogens with zero attached hydrogens (tertiary/aromatic N) is 1. The Balaban J connectivity index is -0.000000451. The first-order chi connectivity index (χ1) is 13.8. The van der Waals surface area contributed by atoms with Crippen molar-refractivity contribution in [2.75, 3.05) is 0 Å². The van der Waals surface area contributed by atoms with Crippen LogP contribution in [0.4, 0.5) is 0 Å². The first kappa shape index (κ1) is 31.8. The SMILES string of the molecule is C.CC/C=C\CCCC/C=C\CCC#N.CC/C=C\CCCC/C=C\CCC=O. The van der Waals surface area contributed by atoms with Gasteiger partial charge in [0.25, 0.3) is 0 Å². The zero-order chi connectivity index (χ0) is 21.0. The van der Waals surface area contributed by atoms with E-state index in [1.807, 2.05) is 0 Å². The standard InChI is InChI=1S/C13H21N.C13H22O.CH4/c2*1-2-3-4-5-6-7-8-9-10-11-12-13-14;/h3-4,9-10H,2,5-8,11-12H2,1H3;3-4,9-10,13H,2,5-8,11-12H2,1H3;1H4/b2*4-3-,10-9-;. The molecule has 0 aliphatic heterocycles. The normalized spacial score (nSPS) is 10.9. The summed E-state index contributed by atoms with van der Waals surface area (Å²) in [6.07, 6.45) is 33.8. The quantitative estimate of drug-likeness (QED) is 0.138. The summed E-state index contributed by atoms with van der Waals surface area (Å²) in [5, 5.41) is 8.30. The molecular weight excluding hydrogens is 354 g/mol. The second kappa shape index (κ2) is 33.7. The Morgan fingerprint density at radius 1 is 0.586 bits per heavy atom. The number of hydrogen-bond acceptors (Lipinski definition) is 2. The van der Waals surface area contributed by atoms with Crippen molar-refractivity contribution in [1.82, 2.24) is 0 Å². The van der Waals surface area contributed by atoms with Crippen molar-refractivity contribution in [3.8, 4) is 6.07 Å². The van der Waals surface area contributed by atoms with Crippen LogP contribution in [0.1, 0.15) is 111 Å². The lowest BCUT2D eigenvalue weighted by molar-refractivity contribution is -0.107. The summed E-state index contributed by atoms with van der Waals surface area (Å²) < 4.78 is 0. The van der Waals surface area contributed by atoms with Gasteiger partial charge in [0, 0.05) is 12.8 Å². The molecule has 29 heavy (non-hydrogen) atoms. The van der Waals surface area contributed by atoms with Crippen LogP contribution >= 0.6 is 0 Å². The highest BCUT2D eigenvalue weighted by Crippen LogP contribution is 2.03. The number of nitriles is 1. The summed E-state index contributed by atoms with van der Waals surface area (Å²) in [6, 6.07) is 2.13. The van der Waals surface area contributed by atoms with E-state index in [1.165, 1.54) is 38.5 Å². The van der Waals surface area contributed by atoms with Crippen LogP contribution < -0.4 is 0 Å². The number of allylic oxidation sites excluding steroid dienone is 8. The predicted octanol–water partition coefficient (Wildman–Crippen LogP) is 9.06. The third-order valence-corrected chi connectivity index (χ3v) is 4.00. The number of carbonyl (C=O) groups excluding carboxylic acids is 1. The summed E-state index contributed by atoms with van der Waals surface area (Å²) in [5.41, 5.74) is 0. The highest BCUT2D eigenvalue weighted by atomic mass is 16.1. The van der Waals surface area contributed by atoms with Gasteiger partial charge in [0.05, 0.1) is 6.07 Å². The summed E-state index contributed by atoms with van der Waals surface area (Å²) in [4.78, 5) is 10.00. The van der Waals surface area contributed by atoms with E-state index in [1.54, 1.807) is 0 Å². The van der Waals surface area contributed by atoms with E-state index < -0.39 is 0 Å². The van der Waals surface area contributed by atoms with Gasteiger partial charge < -0.3 is 4.79 Å². The number of aldehydes is 1. The van der Waals surface area contributed by atoms with Gasteiger partial charge in [-0.05, 0) is 77.0 Å². The third-order valence-electron chi connectivity index (χ3n) is 4.00. The Hall–Kier alpha value is -1.88. The third kappa shape index (κ3) is 37.5. The van der Waals surface area contributed by atoms with Crippen molar-refractivity contribution < 1.29 is 4.79 Å². The van der Waals surface area contributed by atoms with Gasteiger partial charge in [0.1, 0.15) is 6.29 Å². The molecule has 0 radical (unpaired) electrons. The van der Waals surface area contributed by atoms with E-state index >= 15 is 0 Å². The van der Waals surface area contributed by atoms with E-state index in [9.17, 15) is 4.79 Å². The van der Waals surface area contributed by atoms with Gasteiger partial charge in [-0.3, -0.25) is 0 Å². The van der Waals surface area contributed by atoms with Crippen molar-refractivity contribution in [3.63, 3.8) is 0 Å². The highest BCUT2D eigenvalue weighted by molar-refractivity contribution is 5.49. The van der Waals surface area contributed by atoms with Crippen molar-refractivity contribution in [1.29, 1.82) is 5.26 Å². The highest BCUT2D eigenvalue weighted by Gasteiger charge is 1.84. The maximum atomic E-state index is 10.00. The lowest BCUT2D eigenvalue weighted by atomic mass is 10.1. The lowest BCUT2D eigenvalue weighted by Crippen LogP contribution is -1.74. The molecule has 0 aliphatic carbocycles. The predicted molar refractivity (Wildman–Crippen MR) is 131 cm³/mol. The molecule has 0 fully saturated rings. The monoisotopic (exact) mass is 401 g/mol. The molecule has 0 N–H and O–H groups in total. The average molecular weight is 402 g/mol. The van der Waals surface area contributed by atoms with E-state index in [0.717, 1.165) is 44.8 Å². The fourth-order valence-corrected chi connectivity index (χ4v) is 2.40. The largest absolute Gasteiger partial charge is 0.303 e. The van der Waals surface area contributed by atoms with E-state index in [2.05, 4.69) is 68.5 Å². The topological polar surface area (TPSA) is 40.9 Å². The van der Waals surface area contributed by atoms with Crippen LogP contribution in [0.25, 0.3) is 0 Å². The number of unbranched alkanes of at least 4 members (excludes halogenated alkanes) is 8. The Morgan fingerprint density at radius 3 is 1.34 bits per heavy atom. The minimum Gasteiger partial charge on any atom is -0.303 e. The van der Waals surface area contributed by atoms with Crippen molar-refractivity contribution >= 4 is 6.29 Å². The number of carbonyl (C=O) groups is 1. The Morgan fingerprint density at radius 2 is 0.966 bits per heavy atom. The summed E-state index contributed by atoms with van der Waals surface area (Å²) in [6.45, 7) is 4.32. The van der Waals surface area contributed by atoms with Gasteiger partial charge >= 0.3 is 0 Å². The van der Waals surface area contributed by atoms with Gasteiger partial charge in [-0.1, -0.05) is 69.9 Å². The van der Waals surface area contributed by atoms with Crippen molar-refractivity contribution in [2.45, 2.75) is 111 Å². The van der Waals surface area contributed by atoms with Gasteiger partial charge in [-0.15, -0.1) is 0 Å². The second-order valence-corrected chi connectivity index (χ2v) is 6.71. The average Bonchev–Trinajstić information content (AvgIpc) is 2.71. The number of rotatable bonds is 17. The minimum atomic E-state index is 0. The molecule has 0 amide bonds. The smallest absolute Gasteiger partial charge is 0.120 e. The minimum absolute atomic E-state index is 0. The molecule has 0 heterocycles. The number of hydrogen-bond donors (Lipinski definition) is 0. The van der Waals surface area contributed by atoms with Crippen molar-refractivity contribution in [3.05, 3.63) is 48.6 Å². The molecule has 2 heteroatoms. The molecule has 0 unspecified atom stereocenters. The zero-order valence-corrected chi connectivity index (χ0v) is 18.5. The van der Waals surface area contributed by atoms with E-state index in [-0.39, 0.29) is 7.43 Å². The molecule has 0 rings (SSSR count). The first-order valence-electron chi connectivity index (χ1n) is 11.2. The summed E-state index contributed by atoms with van der Waals surface area (Å²) in [5.74, 6) is 0. The maximum Gasteiger partial charge on any atom is 0.120 e. The molecule has 0 saturated heterocycles. The first-order valence-corrected chi connectivity index (χ1v) is 11.2. The van der Waals surface area contributed by atoms with Crippen LogP contribution in [0.5, 0.6) is 0 Å². The molecule has 0 atom stereocenters. The maximum absolute atomic E-state index is 10.00. The molecule has 0 aromatic rings. The molecule has 0 aromatic heterocycles. The van der Waals surface area contributed by atoms with Gasteiger partial charge in [-0.25, -0.2) is 0 Å². The lowest BCUT2D eigenvalue weighted by Gasteiger charge is -1.92. The molecule has 2 nitrogen and oxygen atoms in total. The van der Waals surface area contributed by atoms with Crippen LogP contribution in [0.2, 0.25) is 0 Å². The Bertz CT molecular complexity index is 452. The van der Waals surface area contributed by atoms with Gasteiger partial charge in [-0.2, -0.15) is 5.26 Å². The van der Waals surface area contributed by atoms with Crippen molar-refractivity contribution in [2.24, 2.45) is 0 Å². The summed E-state index contributed by atoms with van der Waals surface area (Å²) >= 11 is 0. The fraction of sp³-hybridized carbons (Fsp3) is 0.630. The zero-order valence-electron chi connectivity index (χ0n) is 18.5. The summed E-state index contributed by atoms with van der Waals surface area (Å²) in [7, 11) is 0. The second-order valence-electron chi connectivity index (χ2n) is 6.71. The van der Waals surface area contributed by atoms with Crippen LogP contribution in [-0.4, -0.2) is 6.29 Å². The molecule has 0 spiro atoms. The van der Waals surface area contributed by atoms with Crippen LogP contribution in [0.3, 0.4) is 0 Å². The van der Waals surface area contributed by atoms with Crippen LogP contribution in [-0.2, 0) is 4.79 Å². The molecule has 0 aliphatic rings. The Labute approximate surface area is 182 Å². The van der Waals surface area contributed by atoms with E-state index in [0.29, 0.717) is 12.8 Å². The molecule has 166 valence electrons. The Kier molecular flexibility index (Phi) is 36.9. The molecule has 0 saturated carbocycles.